The lowest BCUT2D eigenvalue weighted by atomic mass is 10.2. The summed E-state index contributed by atoms with van der Waals surface area (Å²) in [5, 5.41) is 3.13. The zero-order valence-electron chi connectivity index (χ0n) is 12.2. The highest BCUT2D eigenvalue weighted by Crippen LogP contribution is 2.17. The highest BCUT2D eigenvalue weighted by Gasteiger charge is 2.19. The molecule has 6 heteroatoms. The molecule has 114 valence electrons. The molecule has 0 aliphatic rings. The van der Waals surface area contributed by atoms with Crippen molar-refractivity contribution in [2.45, 2.75) is 38.6 Å². The Hall–Kier alpha value is -0.980. The lowest BCUT2D eigenvalue weighted by Gasteiger charge is -2.13. The predicted octanol–water partition coefficient (Wildman–Crippen LogP) is 2.26. The van der Waals surface area contributed by atoms with Crippen molar-refractivity contribution in [3.8, 4) is 0 Å². The van der Waals surface area contributed by atoms with Gasteiger partial charge >= 0.3 is 0 Å². The smallest absolute Gasteiger partial charge is 0.241 e. The summed E-state index contributed by atoms with van der Waals surface area (Å²) in [5.74, 6) is -0.353. The van der Waals surface area contributed by atoms with Gasteiger partial charge in [-0.2, -0.15) is 0 Å². The predicted molar refractivity (Wildman–Crippen MR) is 78.4 cm³/mol. The van der Waals surface area contributed by atoms with Crippen molar-refractivity contribution in [3.63, 3.8) is 0 Å². The topological polar surface area (TPSA) is 58.2 Å². The van der Waals surface area contributed by atoms with Gasteiger partial charge in [0.15, 0.2) is 0 Å². The third-order valence-corrected chi connectivity index (χ3v) is 4.25. The van der Waals surface area contributed by atoms with E-state index in [-0.39, 0.29) is 10.8 Å². The van der Waals surface area contributed by atoms with Gasteiger partial charge in [-0.3, -0.25) is 0 Å². The van der Waals surface area contributed by atoms with E-state index in [1.165, 1.54) is 12.1 Å². The average molecular weight is 302 g/mol. The van der Waals surface area contributed by atoms with Crippen LogP contribution in [0.25, 0.3) is 0 Å². The van der Waals surface area contributed by atoms with Gasteiger partial charge in [0.1, 0.15) is 5.82 Å². The Morgan fingerprint density at radius 2 is 2.00 bits per heavy atom. The third-order valence-electron chi connectivity index (χ3n) is 2.74. The first-order chi connectivity index (χ1) is 9.36. The van der Waals surface area contributed by atoms with E-state index in [0.29, 0.717) is 18.7 Å². The second-order valence-electron chi connectivity index (χ2n) is 5.17. The molecule has 0 fully saturated rings. The molecule has 0 saturated carbocycles. The SMILES string of the molecule is CCCNCc1ccc(F)cc1S(=O)(=O)NCC(C)C. The van der Waals surface area contributed by atoms with Crippen molar-refractivity contribution in [1.82, 2.24) is 10.0 Å². The van der Waals surface area contributed by atoms with Crippen LogP contribution in [0.3, 0.4) is 0 Å². The Balaban J connectivity index is 2.98. The van der Waals surface area contributed by atoms with Crippen LogP contribution < -0.4 is 10.0 Å². The van der Waals surface area contributed by atoms with Crippen LogP contribution >= 0.6 is 0 Å². The Bertz CT molecular complexity index is 530. The van der Waals surface area contributed by atoms with Gasteiger partial charge in [-0.15, -0.1) is 0 Å². The van der Waals surface area contributed by atoms with Crippen LogP contribution in [0.5, 0.6) is 0 Å². The van der Waals surface area contributed by atoms with E-state index in [1.807, 2.05) is 20.8 Å². The fourth-order valence-electron chi connectivity index (χ4n) is 1.68. The third kappa shape index (κ3) is 5.19. The van der Waals surface area contributed by atoms with Crippen molar-refractivity contribution < 1.29 is 12.8 Å². The summed E-state index contributed by atoms with van der Waals surface area (Å²) in [5.41, 5.74) is 0.580. The number of sulfonamides is 1. The van der Waals surface area contributed by atoms with Crippen LogP contribution in [0.15, 0.2) is 23.1 Å². The summed E-state index contributed by atoms with van der Waals surface area (Å²) in [7, 11) is -3.68. The first kappa shape index (κ1) is 17.1. The maximum absolute atomic E-state index is 13.4. The molecule has 0 radical (unpaired) electrons. The van der Waals surface area contributed by atoms with Gasteiger partial charge in [0.05, 0.1) is 4.90 Å². The molecule has 1 rings (SSSR count). The van der Waals surface area contributed by atoms with E-state index in [1.54, 1.807) is 0 Å². The fourth-order valence-corrected chi connectivity index (χ4v) is 3.14. The van der Waals surface area contributed by atoms with E-state index in [4.69, 9.17) is 0 Å². The first-order valence-electron chi connectivity index (χ1n) is 6.85. The highest BCUT2D eigenvalue weighted by molar-refractivity contribution is 7.89. The minimum atomic E-state index is -3.68. The second kappa shape index (κ2) is 7.71. The summed E-state index contributed by atoms with van der Waals surface area (Å²) in [6.07, 6.45) is 0.953. The number of nitrogens with one attached hydrogen (secondary N) is 2. The molecule has 0 aliphatic heterocycles. The van der Waals surface area contributed by atoms with Gasteiger partial charge in [-0.25, -0.2) is 17.5 Å². The number of rotatable bonds is 8. The Morgan fingerprint density at radius 3 is 2.60 bits per heavy atom. The molecule has 0 aliphatic carbocycles. The van der Waals surface area contributed by atoms with E-state index in [0.717, 1.165) is 19.0 Å². The fraction of sp³-hybridized carbons (Fsp3) is 0.571. The maximum atomic E-state index is 13.4. The van der Waals surface area contributed by atoms with Crippen LogP contribution in [0.2, 0.25) is 0 Å². The monoisotopic (exact) mass is 302 g/mol. The minimum absolute atomic E-state index is 0.0155. The molecule has 20 heavy (non-hydrogen) atoms. The van der Waals surface area contributed by atoms with E-state index in [2.05, 4.69) is 10.0 Å². The van der Waals surface area contributed by atoms with E-state index in [9.17, 15) is 12.8 Å². The molecule has 0 saturated heterocycles. The lowest BCUT2D eigenvalue weighted by molar-refractivity contribution is 0.555. The summed E-state index contributed by atoms with van der Waals surface area (Å²) >= 11 is 0. The van der Waals surface area contributed by atoms with Gasteiger partial charge < -0.3 is 5.32 Å². The molecule has 1 aromatic rings. The number of benzene rings is 1. The summed E-state index contributed by atoms with van der Waals surface area (Å²) in [6, 6.07) is 3.87. The van der Waals surface area contributed by atoms with Crippen molar-refractivity contribution >= 4 is 10.0 Å². The van der Waals surface area contributed by atoms with Gasteiger partial charge in [-0.1, -0.05) is 26.8 Å². The van der Waals surface area contributed by atoms with Gasteiger partial charge in [-0.05, 0) is 36.6 Å². The molecule has 0 spiro atoms. The number of hydrogen-bond acceptors (Lipinski definition) is 3. The zero-order chi connectivity index (χ0) is 15.2. The quantitative estimate of drug-likeness (QED) is 0.724. The number of halogens is 1. The maximum Gasteiger partial charge on any atom is 0.241 e. The summed E-state index contributed by atoms with van der Waals surface area (Å²) < 4.78 is 40.3. The molecule has 0 aromatic heterocycles. The molecule has 0 atom stereocenters. The Kier molecular flexibility index (Phi) is 6.58. The minimum Gasteiger partial charge on any atom is -0.313 e. The Labute approximate surface area is 120 Å². The molecule has 0 heterocycles. The first-order valence-corrected chi connectivity index (χ1v) is 8.34. The van der Waals surface area contributed by atoms with Crippen LogP contribution in [-0.4, -0.2) is 21.5 Å². The second-order valence-corrected chi connectivity index (χ2v) is 6.91. The van der Waals surface area contributed by atoms with Crippen LogP contribution in [0.4, 0.5) is 4.39 Å². The van der Waals surface area contributed by atoms with Crippen molar-refractivity contribution in [2.24, 2.45) is 5.92 Å². The molecule has 0 unspecified atom stereocenters. The van der Waals surface area contributed by atoms with Crippen LogP contribution in [0.1, 0.15) is 32.8 Å². The molecule has 4 nitrogen and oxygen atoms in total. The number of hydrogen-bond donors (Lipinski definition) is 2. The lowest BCUT2D eigenvalue weighted by Crippen LogP contribution is -2.29. The molecule has 2 N–H and O–H groups in total. The van der Waals surface area contributed by atoms with Crippen molar-refractivity contribution in [2.75, 3.05) is 13.1 Å². The molecular formula is C14H23FN2O2S. The summed E-state index contributed by atoms with van der Waals surface area (Å²) in [4.78, 5) is 0.0155. The van der Waals surface area contributed by atoms with Crippen LogP contribution in [-0.2, 0) is 16.6 Å². The van der Waals surface area contributed by atoms with Gasteiger partial charge in [0.2, 0.25) is 10.0 Å². The molecular weight excluding hydrogens is 279 g/mol. The Morgan fingerprint density at radius 1 is 1.30 bits per heavy atom. The van der Waals surface area contributed by atoms with Crippen molar-refractivity contribution in [3.05, 3.63) is 29.6 Å². The average Bonchev–Trinajstić information content (AvgIpc) is 2.38. The van der Waals surface area contributed by atoms with Gasteiger partial charge in [0, 0.05) is 13.1 Å². The van der Waals surface area contributed by atoms with Crippen LogP contribution in [0, 0.1) is 11.7 Å². The van der Waals surface area contributed by atoms with E-state index >= 15 is 0 Å². The molecule has 0 bridgehead atoms. The normalized spacial score (nSPS) is 12.1. The van der Waals surface area contributed by atoms with Crippen molar-refractivity contribution in [1.29, 1.82) is 0 Å². The summed E-state index contributed by atoms with van der Waals surface area (Å²) in [6.45, 7) is 7.39. The standard InChI is InChI=1S/C14H23FN2O2S/c1-4-7-16-10-12-5-6-13(15)8-14(12)20(18,19)17-9-11(2)3/h5-6,8,11,16-17H,4,7,9-10H2,1-3H3. The molecule has 1 aromatic carbocycles. The molecule has 0 amide bonds. The van der Waals surface area contributed by atoms with E-state index < -0.39 is 15.8 Å². The zero-order valence-corrected chi connectivity index (χ0v) is 13.1. The highest BCUT2D eigenvalue weighted by atomic mass is 32.2. The van der Waals surface area contributed by atoms with Gasteiger partial charge in [0.25, 0.3) is 0 Å². The largest absolute Gasteiger partial charge is 0.313 e.